The molecule has 1 saturated carbocycles. The smallest absolute Gasteiger partial charge is 0.340 e. The van der Waals surface area contributed by atoms with Gasteiger partial charge in [0.05, 0.1) is 16.6 Å². The van der Waals surface area contributed by atoms with E-state index in [0.29, 0.717) is 23.1 Å². The molecular weight excluding hydrogens is 418 g/mol. The lowest BCUT2D eigenvalue weighted by Gasteiger charge is -2.29. The van der Waals surface area contributed by atoms with Crippen molar-refractivity contribution in [1.82, 2.24) is 15.0 Å². The summed E-state index contributed by atoms with van der Waals surface area (Å²) in [5.74, 6) is 1.54. The third-order valence-electron chi connectivity index (χ3n) is 6.28. The topological polar surface area (TPSA) is 112 Å². The molecule has 3 aromatic rings. The predicted octanol–water partition coefficient (Wildman–Crippen LogP) is 4.56. The van der Waals surface area contributed by atoms with Crippen LogP contribution >= 0.6 is 0 Å². The monoisotopic (exact) mass is 447 g/mol. The molecule has 3 aromatic heterocycles. The number of carbonyl (C=O) groups is 1. The summed E-state index contributed by atoms with van der Waals surface area (Å²) in [6.07, 6.45) is 6.47. The van der Waals surface area contributed by atoms with E-state index in [1.54, 1.807) is 24.5 Å². The molecule has 2 atom stereocenters. The lowest BCUT2D eigenvalue weighted by Crippen LogP contribution is -2.31. The molecule has 0 spiro atoms. The first kappa shape index (κ1) is 21.6. The number of pyridine rings is 3. The Labute approximate surface area is 192 Å². The largest absolute Gasteiger partial charge is 0.474 e. The minimum atomic E-state index is -0.586. The first-order chi connectivity index (χ1) is 15.7. The van der Waals surface area contributed by atoms with Gasteiger partial charge in [-0.1, -0.05) is 13.8 Å². The highest BCUT2D eigenvalue weighted by Gasteiger charge is 2.33. The van der Waals surface area contributed by atoms with Crippen molar-refractivity contribution in [3.05, 3.63) is 47.4 Å². The van der Waals surface area contributed by atoms with E-state index in [1.165, 1.54) is 0 Å². The summed E-state index contributed by atoms with van der Waals surface area (Å²) in [5, 5.41) is 5.06. The lowest BCUT2D eigenvalue weighted by molar-refractivity contribution is 0.0175. The fourth-order valence-corrected chi connectivity index (χ4v) is 4.24. The van der Waals surface area contributed by atoms with Gasteiger partial charge in [0.2, 0.25) is 5.88 Å². The number of esters is 1. The summed E-state index contributed by atoms with van der Waals surface area (Å²) in [4.78, 5) is 26.2. The summed E-state index contributed by atoms with van der Waals surface area (Å²) in [6.45, 7) is 7.95. The van der Waals surface area contributed by atoms with Crippen molar-refractivity contribution < 1.29 is 14.3 Å². The van der Waals surface area contributed by atoms with Gasteiger partial charge < -0.3 is 20.5 Å². The Bertz CT molecular complexity index is 1230. The zero-order valence-electron chi connectivity index (χ0n) is 19.4. The van der Waals surface area contributed by atoms with Crippen molar-refractivity contribution >= 4 is 28.4 Å². The van der Waals surface area contributed by atoms with Gasteiger partial charge in [0, 0.05) is 23.9 Å². The molecule has 1 fully saturated rings. The summed E-state index contributed by atoms with van der Waals surface area (Å²) in [5.41, 5.74) is 8.03. The molecule has 0 saturated heterocycles. The second-order valence-corrected chi connectivity index (χ2v) is 9.53. The van der Waals surface area contributed by atoms with Crippen LogP contribution in [0.2, 0.25) is 0 Å². The Hall–Kier alpha value is -3.26. The Morgan fingerprint density at radius 3 is 2.67 bits per heavy atom. The number of hydrogen-bond donors (Lipinski definition) is 2. The number of hydrogen-bond acceptors (Lipinski definition) is 8. The van der Waals surface area contributed by atoms with Crippen LogP contribution in [0.25, 0.3) is 10.8 Å². The molecule has 172 valence electrons. The van der Waals surface area contributed by atoms with E-state index in [-0.39, 0.29) is 24.1 Å². The maximum absolute atomic E-state index is 12.3. The zero-order valence-corrected chi connectivity index (χ0v) is 19.4. The fourth-order valence-electron chi connectivity index (χ4n) is 4.24. The van der Waals surface area contributed by atoms with Crippen LogP contribution < -0.4 is 15.8 Å². The number of nitrogens with two attached hydrogens (primary N) is 1. The molecule has 33 heavy (non-hydrogen) atoms. The maximum Gasteiger partial charge on any atom is 0.340 e. The van der Waals surface area contributed by atoms with E-state index >= 15 is 0 Å². The van der Waals surface area contributed by atoms with Gasteiger partial charge in [0.15, 0.2) is 0 Å². The van der Waals surface area contributed by atoms with E-state index in [1.807, 2.05) is 33.8 Å². The average Bonchev–Trinajstić information content (AvgIpc) is 3.59. The number of aromatic nitrogens is 3. The molecule has 5 rings (SSSR count). The predicted molar refractivity (Wildman–Crippen MR) is 126 cm³/mol. The zero-order chi connectivity index (χ0) is 23.3. The third kappa shape index (κ3) is 4.11. The molecule has 0 amide bonds. The van der Waals surface area contributed by atoms with Crippen LogP contribution in [0.1, 0.15) is 74.5 Å². The van der Waals surface area contributed by atoms with E-state index < -0.39 is 5.54 Å². The number of ether oxygens (including phenoxy) is 2. The highest BCUT2D eigenvalue weighted by atomic mass is 16.5. The molecule has 0 bridgehead atoms. The molecule has 8 nitrogen and oxygen atoms in total. The number of rotatable bonds is 6. The van der Waals surface area contributed by atoms with Gasteiger partial charge in [0.25, 0.3) is 0 Å². The number of nitrogens with one attached hydrogen (secondary N) is 1. The van der Waals surface area contributed by atoms with Crippen LogP contribution in [0.5, 0.6) is 5.88 Å². The molecule has 8 heteroatoms. The first-order valence-electron chi connectivity index (χ1n) is 11.5. The molecule has 1 aliphatic carbocycles. The van der Waals surface area contributed by atoms with Crippen molar-refractivity contribution in [2.45, 2.75) is 70.6 Å². The molecule has 0 unspecified atom stereocenters. The molecule has 0 aromatic carbocycles. The minimum Gasteiger partial charge on any atom is -0.474 e. The highest BCUT2D eigenvalue weighted by molar-refractivity contribution is 5.93. The van der Waals surface area contributed by atoms with Crippen molar-refractivity contribution in [2.24, 2.45) is 5.73 Å². The van der Waals surface area contributed by atoms with Crippen LogP contribution in [0.3, 0.4) is 0 Å². The Morgan fingerprint density at radius 1 is 1.18 bits per heavy atom. The Balaban J connectivity index is 1.52. The lowest BCUT2D eigenvalue weighted by atomic mass is 9.92. The maximum atomic E-state index is 12.3. The fraction of sp³-hybridized carbons (Fsp3) is 0.440. The van der Waals surface area contributed by atoms with E-state index in [0.717, 1.165) is 41.3 Å². The first-order valence-corrected chi connectivity index (χ1v) is 11.5. The van der Waals surface area contributed by atoms with E-state index in [9.17, 15) is 4.79 Å². The number of fused-ring (bicyclic) bond motifs is 2. The van der Waals surface area contributed by atoms with E-state index in [2.05, 4.69) is 15.3 Å². The molecule has 1 aliphatic heterocycles. The van der Waals surface area contributed by atoms with Crippen LogP contribution in [0.15, 0.2) is 30.6 Å². The van der Waals surface area contributed by atoms with E-state index in [4.69, 9.17) is 20.2 Å². The molecule has 3 N–H and O–H groups in total. The number of cyclic esters (lactones) is 1. The van der Waals surface area contributed by atoms with Crippen LogP contribution in [-0.2, 0) is 10.3 Å². The van der Waals surface area contributed by atoms with Gasteiger partial charge in [0.1, 0.15) is 23.8 Å². The standard InChI is InChI=1S/C25H29N5O3/c1-5-19-13(2)22-15(24(31)33-19)8-9-20(30-22)29-21-10-16-17(11-27-21)23(32-14-6-7-14)28-12-18(16)25(3,4)26/h8-14,19H,5-7,26H2,1-4H3,(H,27,29,30)/t13-,19-/m0/s1. The molecular formula is C25H29N5O3. The van der Waals surface area contributed by atoms with Gasteiger partial charge in [-0.15, -0.1) is 0 Å². The van der Waals surface area contributed by atoms with Gasteiger partial charge in [-0.2, -0.15) is 0 Å². The summed E-state index contributed by atoms with van der Waals surface area (Å²) in [7, 11) is 0. The number of carbonyl (C=O) groups excluding carboxylic acids is 1. The third-order valence-corrected chi connectivity index (χ3v) is 6.28. The minimum absolute atomic E-state index is 0.0202. The van der Waals surface area contributed by atoms with Crippen LogP contribution in [-0.4, -0.2) is 33.1 Å². The van der Waals surface area contributed by atoms with Gasteiger partial charge >= 0.3 is 5.97 Å². The SMILES string of the molecule is CC[C@@H]1OC(=O)c2ccc(Nc3cc4c(C(C)(C)N)cnc(OC5CC5)c4cn3)nc2[C@H]1C. The molecule has 2 aliphatic rings. The normalized spacial score (nSPS) is 20.3. The average molecular weight is 448 g/mol. The van der Waals surface area contributed by atoms with Gasteiger partial charge in [-0.3, -0.25) is 0 Å². The summed E-state index contributed by atoms with van der Waals surface area (Å²) < 4.78 is 11.5. The highest BCUT2D eigenvalue weighted by Crippen LogP contribution is 2.36. The van der Waals surface area contributed by atoms with Crippen molar-refractivity contribution in [2.75, 3.05) is 5.32 Å². The summed E-state index contributed by atoms with van der Waals surface area (Å²) >= 11 is 0. The Morgan fingerprint density at radius 2 is 1.97 bits per heavy atom. The number of anilines is 2. The van der Waals surface area contributed by atoms with Crippen molar-refractivity contribution in [3.8, 4) is 5.88 Å². The molecule has 4 heterocycles. The second-order valence-electron chi connectivity index (χ2n) is 9.53. The number of nitrogens with zero attached hydrogens (tertiary/aromatic N) is 3. The van der Waals surface area contributed by atoms with Crippen LogP contribution in [0, 0.1) is 0 Å². The van der Waals surface area contributed by atoms with Gasteiger partial charge in [-0.25, -0.2) is 19.7 Å². The quantitative estimate of drug-likeness (QED) is 0.529. The summed E-state index contributed by atoms with van der Waals surface area (Å²) in [6, 6.07) is 5.48. The molecule has 0 radical (unpaired) electrons. The van der Waals surface area contributed by atoms with Crippen molar-refractivity contribution in [1.29, 1.82) is 0 Å². The van der Waals surface area contributed by atoms with Crippen molar-refractivity contribution in [3.63, 3.8) is 0 Å². The van der Waals surface area contributed by atoms with Gasteiger partial charge in [-0.05, 0) is 62.3 Å². The second kappa shape index (κ2) is 7.95. The van der Waals surface area contributed by atoms with Crippen LogP contribution in [0.4, 0.5) is 11.6 Å². The Kier molecular flexibility index (Phi) is 5.20.